The zero-order valence-electron chi connectivity index (χ0n) is 11.1. The molecule has 3 heterocycles. The standard InChI is InChI=1S/C15H17N3OS/c16-15(19)14-9-18(7-11-1-4-17-5-2-11)8-13(14)12-3-6-20-10-12/h1-6,10,13-14H,7-9H2,(H2,16,19)/t13-,14-/m0/s1. The van der Waals surface area contributed by atoms with Gasteiger partial charge in [0.15, 0.2) is 0 Å². The largest absolute Gasteiger partial charge is 0.369 e. The molecular weight excluding hydrogens is 270 g/mol. The second kappa shape index (κ2) is 5.73. The molecule has 0 aromatic carbocycles. The van der Waals surface area contributed by atoms with Crippen molar-refractivity contribution in [1.82, 2.24) is 9.88 Å². The van der Waals surface area contributed by atoms with E-state index in [0.29, 0.717) is 0 Å². The van der Waals surface area contributed by atoms with Crippen LogP contribution in [0.15, 0.2) is 41.4 Å². The highest BCUT2D eigenvalue weighted by Crippen LogP contribution is 2.34. The molecule has 0 aliphatic carbocycles. The van der Waals surface area contributed by atoms with Gasteiger partial charge in [-0.2, -0.15) is 11.3 Å². The summed E-state index contributed by atoms with van der Waals surface area (Å²) in [5.74, 6) is -0.0644. The Morgan fingerprint density at radius 2 is 2.15 bits per heavy atom. The van der Waals surface area contributed by atoms with E-state index >= 15 is 0 Å². The van der Waals surface area contributed by atoms with E-state index in [-0.39, 0.29) is 17.7 Å². The molecule has 0 bridgehead atoms. The Morgan fingerprint density at radius 3 is 2.80 bits per heavy atom. The Labute approximate surface area is 122 Å². The first-order chi connectivity index (χ1) is 9.74. The predicted molar refractivity (Wildman–Crippen MR) is 79.3 cm³/mol. The maximum Gasteiger partial charge on any atom is 0.222 e. The average molecular weight is 287 g/mol. The Bertz CT molecular complexity index is 570. The third-order valence-electron chi connectivity index (χ3n) is 3.89. The average Bonchev–Trinajstić information content (AvgIpc) is 3.08. The van der Waals surface area contributed by atoms with Crippen LogP contribution >= 0.6 is 11.3 Å². The van der Waals surface area contributed by atoms with Crippen LogP contribution in [-0.4, -0.2) is 28.9 Å². The lowest BCUT2D eigenvalue weighted by Gasteiger charge is -2.15. The molecule has 1 saturated heterocycles. The molecule has 0 saturated carbocycles. The summed E-state index contributed by atoms with van der Waals surface area (Å²) in [5.41, 5.74) is 8.03. The highest BCUT2D eigenvalue weighted by molar-refractivity contribution is 7.08. The lowest BCUT2D eigenvalue weighted by molar-refractivity contribution is -0.121. The lowest BCUT2D eigenvalue weighted by Crippen LogP contribution is -2.29. The van der Waals surface area contributed by atoms with Crippen LogP contribution in [0.1, 0.15) is 17.0 Å². The van der Waals surface area contributed by atoms with Crippen LogP contribution in [-0.2, 0) is 11.3 Å². The van der Waals surface area contributed by atoms with Gasteiger partial charge in [-0.15, -0.1) is 0 Å². The van der Waals surface area contributed by atoms with Gasteiger partial charge in [0, 0.05) is 37.9 Å². The van der Waals surface area contributed by atoms with Gasteiger partial charge in [0.05, 0.1) is 5.92 Å². The maximum atomic E-state index is 11.7. The Hall–Kier alpha value is -1.72. The molecule has 0 unspecified atom stereocenters. The van der Waals surface area contributed by atoms with Gasteiger partial charge in [-0.3, -0.25) is 14.7 Å². The first-order valence-corrected chi connectivity index (χ1v) is 7.61. The minimum absolute atomic E-state index is 0.0913. The lowest BCUT2D eigenvalue weighted by atomic mass is 9.90. The number of amides is 1. The van der Waals surface area contributed by atoms with E-state index in [2.05, 4.69) is 26.7 Å². The molecule has 2 atom stereocenters. The van der Waals surface area contributed by atoms with Crippen molar-refractivity contribution in [2.75, 3.05) is 13.1 Å². The van der Waals surface area contributed by atoms with Gasteiger partial charge >= 0.3 is 0 Å². The number of likely N-dealkylation sites (tertiary alicyclic amines) is 1. The number of primary amides is 1. The monoisotopic (exact) mass is 287 g/mol. The number of hydrogen-bond acceptors (Lipinski definition) is 4. The van der Waals surface area contributed by atoms with Crippen molar-refractivity contribution in [2.45, 2.75) is 12.5 Å². The van der Waals surface area contributed by atoms with E-state index in [4.69, 9.17) is 5.73 Å². The first kappa shape index (κ1) is 13.3. The molecular formula is C15H17N3OS. The van der Waals surface area contributed by atoms with E-state index in [9.17, 15) is 4.79 Å². The molecule has 104 valence electrons. The fourth-order valence-electron chi connectivity index (χ4n) is 2.87. The van der Waals surface area contributed by atoms with Crippen molar-refractivity contribution in [3.05, 3.63) is 52.5 Å². The third kappa shape index (κ3) is 2.73. The molecule has 1 amide bonds. The van der Waals surface area contributed by atoms with Gasteiger partial charge in [0.25, 0.3) is 0 Å². The number of carbonyl (C=O) groups is 1. The molecule has 2 aromatic rings. The number of nitrogens with two attached hydrogens (primary N) is 1. The van der Waals surface area contributed by atoms with Crippen LogP contribution in [0.25, 0.3) is 0 Å². The maximum absolute atomic E-state index is 11.7. The molecule has 2 aromatic heterocycles. The molecule has 0 spiro atoms. The smallest absolute Gasteiger partial charge is 0.222 e. The van der Waals surface area contributed by atoms with Crippen LogP contribution in [0, 0.1) is 5.92 Å². The zero-order chi connectivity index (χ0) is 13.9. The summed E-state index contributed by atoms with van der Waals surface area (Å²) in [4.78, 5) is 18.0. The summed E-state index contributed by atoms with van der Waals surface area (Å²) in [6.45, 7) is 2.46. The summed E-state index contributed by atoms with van der Waals surface area (Å²) >= 11 is 1.67. The fraction of sp³-hybridized carbons (Fsp3) is 0.333. The number of carbonyl (C=O) groups excluding carboxylic acids is 1. The molecule has 1 aliphatic heterocycles. The van der Waals surface area contributed by atoms with Crippen LogP contribution in [0.2, 0.25) is 0 Å². The van der Waals surface area contributed by atoms with E-state index in [0.717, 1.165) is 19.6 Å². The molecule has 20 heavy (non-hydrogen) atoms. The number of thiophene rings is 1. The summed E-state index contributed by atoms with van der Waals surface area (Å²) in [6.07, 6.45) is 3.60. The molecule has 1 aliphatic rings. The molecule has 1 fully saturated rings. The van der Waals surface area contributed by atoms with Gasteiger partial charge in [0.2, 0.25) is 5.91 Å². The van der Waals surface area contributed by atoms with Gasteiger partial charge < -0.3 is 5.73 Å². The number of hydrogen-bond donors (Lipinski definition) is 1. The molecule has 0 radical (unpaired) electrons. The van der Waals surface area contributed by atoms with Crippen molar-refractivity contribution in [2.24, 2.45) is 11.7 Å². The highest BCUT2D eigenvalue weighted by Gasteiger charge is 2.37. The topological polar surface area (TPSA) is 59.2 Å². The Balaban J connectivity index is 1.75. The van der Waals surface area contributed by atoms with E-state index < -0.39 is 0 Å². The molecule has 2 N–H and O–H groups in total. The summed E-state index contributed by atoms with van der Waals surface area (Å²) in [5, 5.41) is 4.18. The second-order valence-electron chi connectivity index (χ2n) is 5.22. The van der Waals surface area contributed by atoms with Crippen molar-refractivity contribution < 1.29 is 4.79 Å². The number of aromatic nitrogens is 1. The van der Waals surface area contributed by atoms with Crippen LogP contribution < -0.4 is 5.73 Å². The predicted octanol–water partition coefficient (Wildman–Crippen LogP) is 1.84. The molecule has 5 heteroatoms. The van der Waals surface area contributed by atoms with Gasteiger partial charge in [-0.05, 0) is 40.1 Å². The number of pyridine rings is 1. The molecule has 3 rings (SSSR count). The summed E-state index contributed by atoms with van der Waals surface area (Å²) in [7, 11) is 0. The summed E-state index contributed by atoms with van der Waals surface area (Å²) in [6, 6.07) is 6.12. The number of rotatable bonds is 4. The van der Waals surface area contributed by atoms with Crippen LogP contribution in [0.4, 0.5) is 0 Å². The Kier molecular flexibility index (Phi) is 3.80. The minimum atomic E-state index is -0.196. The van der Waals surface area contributed by atoms with E-state index in [1.54, 1.807) is 23.7 Å². The van der Waals surface area contributed by atoms with E-state index in [1.807, 2.05) is 12.1 Å². The van der Waals surface area contributed by atoms with Crippen LogP contribution in [0.3, 0.4) is 0 Å². The SMILES string of the molecule is NC(=O)[C@H]1CN(Cc2ccncc2)C[C@H]1c1ccsc1. The number of nitrogens with zero attached hydrogens (tertiary/aromatic N) is 2. The van der Waals surface area contributed by atoms with E-state index in [1.165, 1.54) is 11.1 Å². The zero-order valence-corrected chi connectivity index (χ0v) is 11.9. The minimum Gasteiger partial charge on any atom is -0.369 e. The van der Waals surface area contributed by atoms with Gasteiger partial charge in [-0.25, -0.2) is 0 Å². The van der Waals surface area contributed by atoms with Crippen molar-refractivity contribution >= 4 is 17.2 Å². The fourth-order valence-corrected chi connectivity index (χ4v) is 3.60. The van der Waals surface area contributed by atoms with Crippen molar-refractivity contribution in [3.63, 3.8) is 0 Å². The molecule has 4 nitrogen and oxygen atoms in total. The first-order valence-electron chi connectivity index (χ1n) is 6.66. The van der Waals surface area contributed by atoms with Crippen molar-refractivity contribution in [1.29, 1.82) is 0 Å². The normalized spacial score (nSPS) is 23.0. The van der Waals surface area contributed by atoms with Gasteiger partial charge in [-0.1, -0.05) is 0 Å². The second-order valence-corrected chi connectivity index (χ2v) is 6.00. The third-order valence-corrected chi connectivity index (χ3v) is 4.59. The highest BCUT2D eigenvalue weighted by atomic mass is 32.1. The Morgan fingerprint density at radius 1 is 1.35 bits per heavy atom. The summed E-state index contributed by atoms with van der Waals surface area (Å²) < 4.78 is 0. The van der Waals surface area contributed by atoms with Gasteiger partial charge in [0.1, 0.15) is 0 Å². The van der Waals surface area contributed by atoms with Crippen LogP contribution in [0.5, 0.6) is 0 Å². The quantitative estimate of drug-likeness (QED) is 0.933. The van der Waals surface area contributed by atoms with Crippen molar-refractivity contribution in [3.8, 4) is 0 Å².